The maximum absolute atomic E-state index is 12.3. The minimum Gasteiger partial charge on any atom is -0.325 e. The van der Waals surface area contributed by atoms with E-state index in [-0.39, 0.29) is 18.5 Å². The third kappa shape index (κ3) is 6.36. The molecule has 0 aromatic heterocycles. The largest absolute Gasteiger partial charge is 0.325 e. The van der Waals surface area contributed by atoms with Crippen LogP contribution in [0.4, 0.5) is 5.69 Å². The molecule has 29 heavy (non-hydrogen) atoms. The molecule has 0 aliphatic carbocycles. The summed E-state index contributed by atoms with van der Waals surface area (Å²) in [5.41, 5.74) is 4.43. The lowest BCUT2D eigenvalue weighted by molar-refractivity contribution is -0.115. The molecular weight excluding hydrogens is 400 g/mol. The number of carbonyl (C=O) groups is 1. The van der Waals surface area contributed by atoms with E-state index < -0.39 is 0 Å². The van der Waals surface area contributed by atoms with Crippen LogP contribution in [0.1, 0.15) is 29.7 Å². The number of benzene rings is 3. The van der Waals surface area contributed by atoms with E-state index in [4.69, 9.17) is 11.6 Å². The van der Waals surface area contributed by atoms with Crippen molar-refractivity contribution in [1.82, 2.24) is 5.32 Å². The predicted molar refractivity (Wildman–Crippen MR) is 123 cm³/mol. The SMILES string of the molecule is Cc1ccc(Sc2ccc(NC(=O)CN[C@@H](C)c3cccc(Cl)c3)cc2)cc1C. The Bertz CT molecular complexity index is 988. The van der Waals surface area contributed by atoms with Gasteiger partial charge < -0.3 is 10.6 Å². The molecule has 3 nitrogen and oxygen atoms in total. The lowest BCUT2D eigenvalue weighted by Crippen LogP contribution is -2.30. The molecule has 1 atom stereocenters. The topological polar surface area (TPSA) is 41.1 Å². The van der Waals surface area contributed by atoms with Crippen LogP contribution < -0.4 is 10.6 Å². The van der Waals surface area contributed by atoms with Gasteiger partial charge in [0.1, 0.15) is 0 Å². The van der Waals surface area contributed by atoms with Crippen molar-refractivity contribution < 1.29 is 4.79 Å². The van der Waals surface area contributed by atoms with Gasteiger partial charge in [-0.1, -0.05) is 41.6 Å². The highest BCUT2D eigenvalue weighted by atomic mass is 35.5. The average Bonchev–Trinajstić information content (AvgIpc) is 2.70. The summed E-state index contributed by atoms with van der Waals surface area (Å²) in [6.45, 7) is 6.48. The molecule has 0 bridgehead atoms. The van der Waals surface area contributed by atoms with Crippen molar-refractivity contribution in [3.63, 3.8) is 0 Å². The van der Waals surface area contributed by atoms with Gasteiger partial charge in [-0.25, -0.2) is 0 Å². The van der Waals surface area contributed by atoms with E-state index in [9.17, 15) is 4.79 Å². The van der Waals surface area contributed by atoms with Gasteiger partial charge in [-0.3, -0.25) is 4.79 Å². The molecule has 5 heteroatoms. The van der Waals surface area contributed by atoms with Gasteiger partial charge in [-0.15, -0.1) is 0 Å². The smallest absolute Gasteiger partial charge is 0.238 e. The Kier molecular flexibility index (Phi) is 7.37. The number of hydrogen-bond donors (Lipinski definition) is 2. The van der Waals surface area contributed by atoms with Crippen molar-refractivity contribution >= 4 is 35.0 Å². The Morgan fingerprint density at radius 1 is 0.966 bits per heavy atom. The highest BCUT2D eigenvalue weighted by Gasteiger charge is 2.09. The second kappa shape index (κ2) is 9.97. The fourth-order valence-corrected chi connectivity index (χ4v) is 3.98. The van der Waals surface area contributed by atoms with Gasteiger partial charge in [0.05, 0.1) is 6.54 Å². The fourth-order valence-electron chi connectivity index (χ4n) is 2.86. The molecule has 3 aromatic rings. The number of aryl methyl sites for hydroxylation is 2. The molecule has 0 aliphatic rings. The average molecular weight is 425 g/mol. The molecule has 0 radical (unpaired) electrons. The number of amides is 1. The van der Waals surface area contributed by atoms with Crippen LogP contribution in [0, 0.1) is 13.8 Å². The third-order valence-electron chi connectivity index (χ3n) is 4.77. The quantitative estimate of drug-likeness (QED) is 0.461. The van der Waals surface area contributed by atoms with Crippen molar-refractivity contribution in [3.05, 3.63) is 88.4 Å². The molecule has 3 rings (SSSR count). The van der Waals surface area contributed by atoms with Crippen molar-refractivity contribution in [2.45, 2.75) is 36.6 Å². The minimum absolute atomic E-state index is 0.0381. The Balaban J connectivity index is 1.51. The van der Waals surface area contributed by atoms with Gasteiger partial charge in [0.15, 0.2) is 0 Å². The molecule has 0 fully saturated rings. The minimum atomic E-state index is -0.0755. The Hall–Kier alpha value is -2.27. The van der Waals surface area contributed by atoms with Crippen LogP contribution in [0.2, 0.25) is 5.02 Å². The molecule has 0 aliphatic heterocycles. The second-order valence-electron chi connectivity index (χ2n) is 7.08. The summed E-state index contributed by atoms with van der Waals surface area (Å²) < 4.78 is 0. The molecule has 2 N–H and O–H groups in total. The zero-order valence-corrected chi connectivity index (χ0v) is 18.4. The van der Waals surface area contributed by atoms with Crippen molar-refractivity contribution in [2.24, 2.45) is 0 Å². The second-order valence-corrected chi connectivity index (χ2v) is 8.66. The summed E-state index contributed by atoms with van der Waals surface area (Å²) in [6, 6.07) is 22.1. The highest BCUT2D eigenvalue weighted by Crippen LogP contribution is 2.29. The van der Waals surface area contributed by atoms with E-state index in [0.29, 0.717) is 5.02 Å². The van der Waals surface area contributed by atoms with Crippen LogP contribution in [0.5, 0.6) is 0 Å². The molecule has 0 saturated carbocycles. The molecule has 0 heterocycles. The number of carbonyl (C=O) groups excluding carboxylic acids is 1. The maximum atomic E-state index is 12.3. The van der Waals surface area contributed by atoms with E-state index in [1.54, 1.807) is 11.8 Å². The first-order chi connectivity index (χ1) is 13.9. The van der Waals surface area contributed by atoms with Crippen LogP contribution in [0.3, 0.4) is 0 Å². The lowest BCUT2D eigenvalue weighted by atomic mass is 10.1. The summed E-state index contributed by atoms with van der Waals surface area (Å²) in [5.74, 6) is -0.0755. The number of halogens is 1. The molecule has 0 spiro atoms. The van der Waals surface area contributed by atoms with Crippen LogP contribution in [0.25, 0.3) is 0 Å². The van der Waals surface area contributed by atoms with E-state index in [1.807, 2.05) is 55.5 Å². The number of hydrogen-bond acceptors (Lipinski definition) is 3. The molecule has 0 saturated heterocycles. The normalized spacial score (nSPS) is 11.9. The van der Waals surface area contributed by atoms with Gasteiger partial charge in [-0.05, 0) is 86.0 Å². The highest BCUT2D eigenvalue weighted by molar-refractivity contribution is 7.99. The van der Waals surface area contributed by atoms with Crippen molar-refractivity contribution in [1.29, 1.82) is 0 Å². The third-order valence-corrected chi connectivity index (χ3v) is 6.00. The summed E-state index contributed by atoms with van der Waals surface area (Å²) in [5, 5.41) is 6.85. The van der Waals surface area contributed by atoms with Crippen molar-refractivity contribution in [3.8, 4) is 0 Å². The van der Waals surface area contributed by atoms with Gasteiger partial charge in [0.25, 0.3) is 0 Å². The van der Waals surface area contributed by atoms with E-state index in [1.165, 1.54) is 16.0 Å². The first-order valence-corrected chi connectivity index (χ1v) is 10.7. The van der Waals surface area contributed by atoms with Crippen LogP contribution in [0.15, 0.2) is 76.5 Å². The van der Waals surface area contributed by atoms with Crippen LogP contribution >= 0.6 is 23.4 Å². The zero-order chi connectivity index (χ0) is 20.8. The summed E-state index contributed by atoms with van der Waals surface area (Å²) in [7, 11) is 0. The van der Waals surface area contributed by atoms with Gasteiger partial charge in [0.2, 0.25) is 5.91 Å². The Morgan fingerprint density at radius 2 is 1.69 bits per heavy atom. The molecule has 150 valence electrons. The molecular formula is C24H25ClN2OS. The van der Waals surface area contributed by atoms with Gasteiger partial charge in [-0.2, -0.15) is 0 Å². The van der Waals surface area contributed by atoms with Crippen LogP contribution in [-0.2, 0) is 4.79 Å². The predicted octanol–water partition coefficient (Wildman–Crippen LogP) is 6.40. The lowest BCUT2D eigenvalue weighted by Gasteiger charge is -2.14. The zero-order valence-electron chi connectivity index (χ0n) is 16.8. The summed E-state index contributed by atoms with van der Waals surface area (Å²) in [4.78, 5) is 14.6. The standard InChI is InChI=1S/C24H25ClN2OS/c1-16-7-10-23(13-17(16)2)29-22-11-8-21(9-12-22)27-24(28)15-26-18(3)19-5-4-6-20(25)14-19/h4-14,18,26H,15H2,1-3H3,(H,27,28)/t18-/m0/s1. The summed E-state index contributed by atoms with van der Waals surface area (Å²) in [6.07, 6.45) is 0. The maximum Gasteiger partial charge on any atom is 0.238 e. The fraction of sp³-hybridized carbons (Fsp3) is 0.208. The molecule has 1 amide bonds. The Labute approximate surface area is 181 Å². The van der Waals surface area contributed by atoms with Gasteiger partial charge >= 0.3 is 0 Å². The monoisotopic (exact) mass is 424 g/mol. The van der Waals surface area contributed by atoms with Gasteiger partial charge in [0, 0.05) is 26.5 Å². The van der Waals surface area contributed by atoms with E-state index in [0.717, 1.165) is 16.1 Å². The van der Waals surface area contributed by atoms with Crippen molar-refractivity contribution in [2.75, 3.05) is 11.9 Å². The number of rotatable bonds is 7. The Morgan fingerprint density at radius 3 is 2.38 bits per heavy atom. The first-order valence-electron chi connectivity index (χ1n) is 9.54. The van der Waals surface area contributed by atoms with E-state index in [2.05, 4.69) is 42.7 Å². The first kappa shape index (κ1) is 21.4. The van der Waals surface area contributed by atoms with E-state index >= 15 is 0 Å². The van der Waals surface area contributed by atoms with Crippen LogP contribution in [-0.4, -0.2) is 12.5 Å². The number of anilines is 1. The number of nitrogens with one attached hydrogen (secondary N) is 2. The molecule has 0 unspecified atom stereocenters. The molecule has 3 aromatic carbocycles. The summed E-state index contributed by atoms with van der Waals surface area (Å²) >= 11 is 7.74.